The largest absolute Gasteiger partial charge is 0.372 e. The molecular weight excluding hydrogens is 350 g/mol. The molecule has 6 nitrogen and oxygen atoms in total. The van der Waals surface area contributed by atoms with Crippen molar-refractivity contribution in [3.8, 4) is 0 Å². The fraction of sp³-hybridized carbons (Fsp3) is 0.632. The van der Waals surface area contributed by atoms with Crippen molar-refractivity contribution in [3.05, 3.63) is 24.3 Å². The maximum atomic E-state index is 12.2. The predicted octanol–water partition coefficient (Wildman–Crippen LogP) is 2.12. The number of rotatable bonds is 6. The van der Waals surface area contributed by atoms with Crippen LogP contribution in [-0.2, 0) is 14.6 Å². The number of amides is 1. The maximum absolute atomic E-state index is 12.2. The zero-order chi connectivity index (χ0) is 18.6. The van der Waals surface area contributed by atoms with E-state index in [0.717, 1.165) is 18.8 Å². The van der Waals surface area contributed by atoms with Crippen LogP contribution in [0.3, 0.4) is 0 Å². The fourth-order valence-corrected chi connectivity index (χ4v) is 5.52. The number of piperidine rings is 1. The van der Waals surface area contributed by atoms with Crippen molar-refractivity contribution in [2.45, 2.75) is 38.1 Å². The molecule has 2 aliphatic heterocycles. The smallest absolute Gasteiger partial charge is 0.225 e. The van der Waals surface area contributed by atoms with Crippen molar-refractivity contribution in [2.75, 3.05) is 48.4 Å². The van der Waals surface area contributed by atoms with Crippen LogP contribution in [0.25, 0.3) is 0 Å². The van der Waals surface area contributed by atoms with Crippen molar-refractivity contribution < 1.29 is 13.2 Å². The fourth-order valence-electron chi connectivity index (χ4n) is 3.71. The van der Waals surface area contributed by atoms with Crippen LogP contribution in [0.1, 0.15) is 32.1 Å². The van der Waals surface area contributed by atoms with Crippen LogP contribution in [0.15, 0.2) is 24.3 Å². The summed E-state index contributed by atoms with van der Waals surface area (Å²) in [7, 11) is -0.992. The number of hydrogen-bond donors (Lipinski definition) is 1. The number of nitrogens with one attached hydrogen (secondary N) is 1. The average molecular weight is 380 g/mol. The van der Waals surface area contributed by atoms with E-state index in [0.29, 0.717) is 19.4 Å². The van der Waals surface area contributed by atoms with E-state index in [4.69, 9.17) is 0 Å². The molecule has 2 saturated heterocycles. The Labute approximate surface area is 156 Å². The molecule has 144 valence electrons. The second-order valence-electron chi connectivity index (χ2n) is 7.43. The molecule has 2 heterocycles. The Morgan fingerprint density at radius 1 is 1.19 bits per heavy atom. The zero-order valence-corrected chi connectivity index (χ0v) is 16.3. The van der Waals surface area contributed by atoms with Crippen molar-refractivity contribution in [3.63, 3.8) is 0 Å². The molecule has 0 spiro atoms. The highest BCUT2D eigenvalue weighted by atomic mass is 32.2. The third-order valence-electron chi connectivity index (χ3n) is 5.40. The molecule has 26 heavy (non-hydrogen) atoms. The molecule has 0 radical (unpaired) electrons. The summed E-state index contributed by atoms with van der Waals surface area (Å²) in [5, 5.41) is 2.93. The summed E-state index contributed by atoms with van der Waals surface area (Å²) >= 11 is 0. The average Bonchev–Trinajstić information content (AvgIpc) is 3.01. The molecule has 1 N–H and O–H groups in total. The lowest BCUT2D eigenvalue weighted by Gasteiger charge is -2.28. The monoisotopic (exact) mass is 379 g/mol. The molecule has 2 fully saturated rings. The molecule has 0 saturated carbocycles. The summed E-state index contributed by atoms with van der Waals surface area (Å²) in [5.41, 5.74) is 2.02. The van der Waals surface area contributed by atoms with Crippen LogP contribution < -0.4 is 10.2 Å². The van der Waals surface area contributed by atoms with Gasteiger partial charge in [0.25, 0.3) is 0 Å². The van der Waals surface area contributed by atoms with Gasteiger partial charge >= 0.3 is 0 Å². The van der Waals surface area contributed by atoms with E-state index in [9.17, 15) is 13.2 Å². The van der Waals surface area contributed by atoms with E-state index < -0.39 is 9.84 Å². The first-order chi connectivity index (χ1) is 12.4. The SMILES string of the molecule is CN(CCC(=O)Nc1ccc(N2CCCCC2)cc1)C1CCS(=O)(=O)C1. The van der Waals surface area contributed by atoms with E-state index in [-0.39, 0.29) is 23.5 Å². The Bertz CT molecular complexity index is 712. The van der Waals surface area contributed by atoms with E-state index in [1.165, 1.54) is 24.9 Å². The van der Waals surface area contributed by atoms with E-state index in [1.807, 2.05) is 24.1 Å². The number of carbonyl (C=O) groups excluding carboxylic acids is 1. The lowest BCUT2D eigenvalue weighted by atomic mass is 10.1. The van der Waals surface area contributed by atoms with Gasteiger partial charge in [0.1, 0.15) is 0 Å². The lowest BCUT2D eigenvalue weighted by Crippen LogP contribution is -2.35. The lowest BCUT2D eigenvalue weighted by molar-refractivity contribution is -0.116. The molecule has 2 aliphatic rings. The number of benzene rings is 1. The first kappa shape index (κ1) is 19.2. The molecule has 1 aromatic carbocycles. The summed E-state index contributed by atoms with van der Waals surface area (Å²) in [6.45, 7) is 2.78. The third-order valence-corrected chi connectivity index (χ3v) is 7.15. The van der Waals surface area contributed by atoms with Crippen LogP contribution in [0.5, 0.6) is 0 Å². The molecular formula is C19H29N3O3S. The zero-order valence-electron chi connectivity index (χ0n) is 15.5. The first-order valence-electron chi connectivity index (χ1n) is 9.48. The maximum Gasteiger partial charge on any atom is 0.225 e. The Morgan fingerprint density at radius 2 is 1.88 bits per heavy atom. The van der Waals surface area contributed by atoms with E-state index in [2.05, 4.69) is 22.3 Å². The van der Waals surface area contributed by atoms with Crippen molar-refractivity contribution in [1.82, 2.24) is 4.90 Å². The van der Waals surface area contributed by atoms with Gasteiger partial charge in [0.15, 0.2) is 9.84 Å². The number of nitrogens with zero attached hydrogens (tertiary/aromatic N) is 2. The van der Waals surface area contributed by atoms with Gasteiger partial charge in [0.05, 0.1) is 11.5 Å². The summed E-state index contributed by atoms with van der Waals surface area (Å²) < 4.78 is 23.1. The van der Waals surface area contributed by atoms with Crippen LogP contribution in [-0.4, -0.2) is 63.5 Å². The highest BCUT2D eigenvalue weighted by Crippen LogP contribution is 2.22. The Hall–Kier alpha value is -1.60. The Kier molecular flexibility index (Phi) is 6.19. The second kappa shape index (κ2) is 8.39. The summed E-state index contributed by atoms with van der Waals surface area (Å²) in [4.78, 5) is 16.6. The number of carbonyl (C=O) groups is 1. The van der Waals surface area contributed by atoms with Crippen molar-refractivity contribution >= 4 is 27.1 Å². The van der Waals surface area contributed by atoms with Gasteiger partial charge < -0.3 is 15.1 Å². The quantitative estimate of drug-likeness (QED) is 0.820. The van der Waals surface area contributed by atoms with Gasteiger partial charge in [-0.3, -0.25) is 4.79 Å². The highest BCUT2D eigenvalue weighted by molar-refractivity contribution is 7.91. The predicted molar refractivity (Wildman–Crippen MR) is 105 cm³/mol. The van der Waals surface area contributed by atoms with Crippen molar-refractivity contribution in [1.29, 1.82) is 0 Å². The molecule has 1 atom stereocenters. The molecule has 0 aliphatic carbocycles. The highest BCUT2D eigenvalue weighted by Gasteiger charge is 2.30. The normalized spacial score (nSPS) is 22.5. The molecule has 1 aromatic rings. The standard InChI is InChI=1S/C19H29N3O3S/c1-21(18-10-14-26(24,25)15-18)13-9-19(23)20-16-5-7-17(8-6-16)22-11-3-2-4-12-22/h5-8,18H,2-4,9-15H2,1H3,(H,20,23). The van der Waals surface area contributed by atoms with Gasteiger partial charge in [0, 0.05) is 43.5 Å². The van der Waals surface area contributed by atoms with E-state index in [1.54, 1.807) is 0 Å². The van der Waals surface area contributed by atoms with Crippen LogP contribution >= 0.6 is 0 Å². The minimum atomic E-state index is -2.89. The van der Waals surface area contributed by atoms with Crippen LogP contribution in [0, 0.1) is 0 Å². The molecule has 0 aromatic heterocycles. The summed E-state index contributed by atoms with van der Waals surface area (Å²) in [6.07, 6.45) is 4.83. The molecule has 3 rings (SSSR count). The summed E-state index contributed by atoms with van der Waals surface area (Å²) in [6, 6.07) is 8.08. The number of sulfone groups is 1. The van der Waals surface area contributed by atoms with Gasteiger partial charge in [-0.25, -0.2) is 8.42 Å². The Morgan fingerprint density at radius 3 is 2.50 bits per heavy atom. The third kappa shape index (κ3) is 5.20. The van der Waals surface area contributed by atoms with Crippen LogP contribution in [0.2, 0.25) is 0 Å². The van der Waals surface area contributed by atoms with Gasteiger partial charge in [-0.2, -0.15) is 0 Å². The minimum Gasteiger partial charge on any atom is -0.372 e. The van der Waals surface area contributed by atoms with E-state index >= 15 is 0 Å². The van der Waals surface area contributed by atoms with Crippen LogP contribution in [0.4, 0.5) is 11.4 Å². The summed E-state index contributed by atoms with van der Waals surface area (Å²) in [5.74, 6) is 0.434. The number of hydrogen-bond acceptors (Lipinski definition) is 5. The van der Waals surface area contributed by atoms with Gasteiger partial charge in [-0.05, 0) is 57.0 Å². The molecule has 1 unspecified atom stereocenters. The van der Waals surface area contributed by atoms with Gasteiger partial charge in [-0.15, -0.1) is 0 Å². The topological polar surface area (TPSA) is 69.7 Å². The first-order valence-corrected chi connectivity index (χ1v) is 11.3. The van der Waals surface area contributed by atoms with Crippen molar-refractivity contribution in [2.24, 2.45) is 0 Å². The minimum absolute atomic E-state index is 0.0385. The van der Waals surface area contributed by atoms with Gasteiger partial charge in [0.2, 0.25) is 5.91 Å². The molecule has 7 heteroatoms. The second-order valence-corrected chi connectivity index (χ2v) is 9.66. The Balaban J connectivity index is 1.44. The molecule has 1 amide bonds. The van der Waals surface area contributed by atoms with Gasteiger partial charge in [-0.1, -0.05) is 0 Å². The molecule has 0 bridgehead atoms. The number of anilines is 2.